The molecule has 1 amide bonds. The second-order valence-electron chi connectivity index (χ2n) is 7.54. The van der Waals surface area contributed by atoms with Crippen molar-refractivity contribution in [3.63, 3.8) is 0 Å². The van der Waals surface area contributed by atoms with Crippen molar-refractivity contribution in [1.82, 2.24) is 30.4 Å². The molecule has 2 heterocycles. The molecule has 2 aromatic carbocycles. The first kappa shape index (κ1) is 19.3. The van der Waals surface area contributed by atoms with Crippen molar-refractivity contribution in [3.8, 4) is 0 Å². The Morgan fingerprint density at radius 2 is 1.66 bits per heavy atom. The second-order valence-corrected chi connectivity index (χ2v) is 7.54. The number of hydrogen-bond donors (Lipinski definition) is 1. The van der Waals surface area contributed by atoms with Gasteiger partial charge in [-0.3, -0.25) is 9.69 Å². The summed E-state index contributed by atoms with van der Waals surface area (Å²) in [7, 11) is 0. The van der Waals surface area contributed by atoms with E-state index in [4.69, 9.17) is 0 Å². The van der Waals surface area contributed by atoms with E-state index in [9.17, 15) is 4.79 Å². The highest BCUT2D eigenvalue weighted by molar-refractivity contribution is 5.80. The van der Waals surface area contributed by atoms with Crippen LogP contribution in [-0.4, -0.2) is 50.1 Å². The maximum atomic E-state index is 13.0. The first-order chi connectivity index (χ1) is 14.3. The fraction of sp³-hybridized carbons (Fsp3) is 0.364. The lowest BCUT2D eigenvalue weighted by atomic mass is 10.0. The van der Waals surface area contributed by atoms with Crippen LogP contribution in [0.2, 0.25) is 0 Å². The van der Waals surface area contributed by atoms with Crippen LogP contribution in [-0.2, 0) is 17.8 Å². The Labute approximate surface area is 170 Å². The van der Waals surface area contributed by atoms with Crippen LogP contribution in [0.15, 0.2) is 67.0 Å². The molecule has 1 aliphatic heterocycles. The number of hydrogen-bond acceptors (Lipinski definition) is 5. The van der Waals surface area contributed by atoms with Gasteiger partial charge in [-0.15, -0.1) is 5.10 Å². The monoisotopic (exact) mass is 390 g/mol. The third-order valence-electron chi connectivity index (χ3n) is 5.44. The van der Waals surface area contributed by atoms with Crippen molar-refractivity contribution in [3.05, 3.63) is 78.1 Å². The lowest BCUT2D eigenvalue weighted by molar-refractivity contribution is -0.125. The van der Waals surface area contributed by atoms with Gasteiger partial charge in [-0.25, -0.2) is 4.68 Å². The highest BCUT2D eigenvalue weighted by Gasteiger charge is 2.27. The molecule has 3 aromatic rings. The van der Waals surface area contributed by atoms with E-state index in [1.165, 1.54) is 11.9 Å². The lowest BCUT2D eigenvalue weighted by Gasteiger charge is -2.33. The second kappa shape index (κ2) is 9.43. The Hall–Kier alpha value is -3.06. The van der Waals surface area contributed by atoms with Crippen LogP contribution in [0.4, 0.5) is 0 Å². The topological polar surface area (TPSA) is 75.9 Å². The van der Waals surface area contributed by atoms with Crippen LogP contribution >= 0.6 is 0 Å². The Morgan fingerprint density at radius 3 is 2.28 bits per heavy atom. The van der Waals surface area contributed by atoms with Gasteiger partial charge in [-0.05, 0) is 34.4 Å². The number of nitrogens with one attached hydrogen (secondary N) is 1. The molecule has 1 atom stereocenters. The van der Waals surface area contributed by atoms with Crippen LogP contribution < -0.4 is 5.32 Å². The molecule has 0 spiro atoms. The van der Waals surface area contributed by atoms with Crippen molar-refractivity contribution in [2.45, 2.75) is 37.9 Å². The number of aromatic nitrogens is 4. The molecule has 0 unspecified atom stereocenters. The third kappa shape index (κ3) is 5.26. The quantitative estimate of drug-likeness (QED) is 0.670. The molecule has 1 aliphatic rings. The molecule has 1 saturated heterocycles. The van der Waals surface area contributed by atoms with Crippen molar-refractivity contribution in [1.29, 1.82) is 0 Å². The summed E-state index contributed by atoms with van der Waals surface area (Å²) < 4.78 is 1.55. The van der Waals surface area contributed by atoms with Gasteiger partial charge in [-0.1, -0.05) is 60.7 Å². The van der Waals surface area contributed by atoms with Gasteiger partial charge >= 0.3 is 0 Å². The number of carbonyl (C=O) groups is 1. The summed E-state index contributed by atoms with van der Waals surface area (Å²) >= 11 is 0. The molecule has 1 fully saturated rings. The zero-order valence-corrected chi connectivity index (χ0v) is 16.4. The van der Waals surface area contributed by atoms with E-state index >= 15 is 0 Å². The van der Waals surface area contributed by atoms with E-state index in [1.807, 2.05) is 36.4 Å². The summed E-state index contributed by atoms with van der Waals surface area (Å²) in [6, 6.07) is 20.2. The molecule has 0 bridgehead atoms. The van der Waals surface area contributed by atoms with Gasteiger partial charge in [0.05, 0.1) is 0 Å². The summed E-state index contributed by atoms with van der Waals surface area (Å²) in [6.45, 7) is 2.92. The predicted molar refractivity (Wildman–Crippen MR) is 110 cm³/mol. The third-order valence-corrected chi connectivity index (χ3v) is 5.44. The van der Waals surface area contributed by atoms with E-state index < -0.39 is 6.04 Å². The number of tetrazole rings is 1. The molecule has 0 saturated carbocycles. The van der Waals surface area contributed by atoms with Crippen LogP contribution in [0.3, 0.4) is 0 Å². The molecule has 29 heavy (non-hydrogen) atoms. The van der Waals surface area contributed by atoms with Gasteiger partial charge in [0.1, 0.15) is 12.4 Å². The van der Waals surface area contributed by atoms with Gasteiger partial charge in [0.25, 0.3) is 0 Å². The zero-order chi connectivity index (χ0) is 19.9. The highest BCUT2D eigenvalue weighted by atomic mass is 16.2. The fourth-order valence-electron chi connectivity index (χ4n) is 3.83. The predicted octanol–water partition coefficient (Wildman–Crippen LogP) is 2.24. The van der Waals surface area contributed by atoms with Gasteiger partial charge < -0.3 is 5.32 Å². The minimum Gasteiger partial charge on any atom is -0.351 e. The van der Waals surface area contributed by atoms with E-state index in [0.717, 1.165) is 38.0 Å². The van der Waals surface area contributed by atoms with Crippen molar-refractivity contribution >= 4 is 5.91 Å². The fourth-order valence-corrected chi connectivity index (χ4v) is 3.83. The lowest BCUT2D eigenvalue weighted by Crippen LogP contribution is -2.46. The number of benzene rings is 2. The Morgan fingerprint density at radius 1 is 1.00 bits per heavy atom. The summed E-state index contributed by atoms with van der Waals surface area (Å²) in [4.78, 5) is 15.5. The van der Waals surface area contributed by atoms with Gasteiger partial charge in [-0.2, -0.15) is 0 Å². The standard InChI is InChI=1S/C22H26N6O/c29-22(21(28-17-23-25-26-28)15-18-7-3-1-4-8-18)24-20-11-13-27(14-12-20)16-19-9-5-2-6-10-19/h1-10,17,20-21H,11-16H2,(H,24,29)/t21-/m0/s1. The smallest absolute Gasteiger partial charge is 0.245 e. The largest absolute Gasteiger partial charge is 0.351 e. The van der Waals surface area contributed by atoms with Crippen molar-refractivity contribution in [2.75, 3.05) is 13.1 Å². The molecular formula is C22H26N6O. The van der Waals surface area contributed by atoms with Crippen molar-refractivity contribution in [2.24, 2.45) is 0 Å². The van der Waals surface area contributed by atoms with Gasteiger partial charge in [0.2, 0.25) is 5.91 Å². The average molecular weight is 390 g/mol. The van der Waals surface area contributed by atoms with Crippen LogP contribution in [0.5, 0.6) is 0 Å². The first-order valence-electron chi connectivity index (χ1n) is 10.1. The van der Waals surface area contributed by atoms with Gasteiger partial charge in [0.15, 0.2) is 0 Å². The van der Waals surface area contributed by atoms with E-state index in [1.54, 1.807) is 4.68 Å². The molecule has 150 valence electrons. The van der Waals surface area contributed by atoms with E-state index in [0.29, 0.717) is 6.42 Å². The van der Waals surface area contributed by atoms with Gasteiger partial charge in [0, 0.05) is 32.1 Å². The maximum Gasteiger partial charge on any atom is 0.245 e. The Balaban J connectivity index is 1.33. The molecule has 0 radical (unpaired) electrons. The Kier molecular flexibility index (Phi) is 6.26. The van der Waals surface area contributed by atoms with Crippen LogP contribution in [0.1, 0.15) is 30.0 Å². The molecule has 4 rings (SSSR count). The Bertz CT molecular complexity index is 876. The van der Waals surface area contributed by atoms with Crippen LogP contribution in [0.25, 0.3) is 0 Å². The van der Waals surface area contributed by atoms with E-state index in [2.05, 4.69) is 50.0 Å². The molecule has 0 aliphatic carbocycles. The first-order valence-corrected chi connectivity index (χ1v) is 10.1. The maximum absolute atomic E-state index is 13.0. The summed E-state index contributed by atoms with van der Waals surface area (Å²) in [5, 5.41) is 14.6. The molecule has 1 N–H and O–H groups in total. The SMILES string of the molecule is O=C(NC1CCN(Cc2ccccc2)CC1)[C@H](Cc1ccccc1)n1cnnn1. The van der Waals surface area contributed by atoms with E-state index in [-0.39, 0.29) is 11.9 Å². The normalized spacial score (nSPS) is 16.4. The number of likely N-dealkylation sites (tertiary alicyclic amines) is 1. The van der Waals surface area contributed by atoms with Crippen LogP contribution in [0, 0.1) is 0 Å². The summed E-state index contributed by atoms with van der Waals surface area (Å²) in [5.41, 5.74) is 2.41. The number of piperidine rings is 1. The number of rotatable bonds is 7. The zero-order valence-electron chi connectivity index (χ0n) is 16.4. The minimum absolute atomic E-state index is 0.0253. The number of nitrogens with zero attached hydrogens (tertiary/aromatic N) is 5. The summed E-state index contributed by atoms with van der Waals surface area (Å²) in [5.74, 6) is -0.0253. The molecule has 7 nitrogen and oxygen atoms in total. The number of amides is 1. The minimum atomic E-state index is -0.449. The molecule has 7 heteroatoms. The summed E-state index contributed by atoms with van der Waals surface area (Å²) in [6.07, 6.45) is 3.97. The highest BCUT2D eigenvalue weighted by Crippen LogP contribution is 2.17. The number of carbonyl (C=O) groups excluding carboxylic acids is 1. The molecule has 1 aromatic heterocycles. The average Bonchev–Trinajstić information content (AvgIpc) is 3.29. The van der Waals surface area contributed by atoms with Crippen molar-refractivity contribution < 1.29 is 4.79 Å². The molecular weight excluding hydrogens is 364 g/mol.